The van der Waals surface area contributed by atoms with Crippen LogP contribution in [0.15, 0.2) is 54.6 Å². The molecule has 2 N–H and O–H groups in total. The second-order valence-electron chi connectivity index (χ2n) is 5.34. The Hall–Kier alpha value is -2.13. The van der Waals surface area contributed by atoms with E-state index < -0.39 is 11.9 Å². The summed E-state index contributed by atoms with van der Waals surface area (Å²) < 4.78 is 0. The van der Waals surface area contributed by atoms with E-state index in [1.165, 1.54) is 0 Å². The lowest BCUT2D eigenvalue weighted by Gasteiger charge is -2.13. The molecule has 2 aromatic rings. The Morgan fingerprint density at radius 1 is 1.05 bits per heavy atom. The van der Waals surface area contributed by atoms with Crippen LogP contribution in [0, 0.1) is 11.3 Å². The Balaban J connectivity index is 1.98. The number of nitrogens with one attached hydrogen (secondary N) is 1. The van der Waals surface area contributed by atoms with Gasteiger partial charge >= 0.3 is 5.97 Å². The number of rotatable bonds is 7. The lowest BCUT2D eigenvalue weighted by molar-refractivity contribution is -0.141. The van der Waals surface area contributed by atoms with Crippen LogP contribution in [0.2, 0.25) is 5.02 Å². The fourth-order valence-corrected chi connectivity index (χ4v) is 2.49. The molecule has 0 fully saturated rings. The van der Waals surface area contributed by atoms with E-state index in [1.807, 2.05) is 42.5 Å². The minimum Gasteiger partial charge on any atom is -0.481 e. The molecule has 0 saturated heterocycles. The Morgan fingerprint density at radius 2 is 1.68 bits per heavy atom. The van der Waals surface area contributed by atoms with Crippen LogP contribution >= 0.6 is 11.6 Å². The first-order valence-electron chi connectivity index (χ1n) is 7.12. The zero-order valence-corrected chi connectivity index (χ0v) is 12.9. The molecule has 2 rings (SSSR count). The maximum absolute atomic E-state index is 11.4. The van der Waals surface area contributed by atoms with Crippen molar-refractivity contribution < 1.29 is 9.90 Å². The zero-order valence-electron chi connectivity index (χ0n) is 12.1. The monoisotopic (exact) mass is 315 g/mol. The highest BCUT2D eigenvalue weighted by Gasteiger charge is 2.20. The third-order valence-electron chi connectivity index (χ3n) is 3.50. The molecular formula is C18H18ClNO2. The smallest absolute Gasteiger partial charge is 0.307 e. The highest BCUT2D eigenvalue weighted by atomic mass is 35.5. The summed E-state index contributed by atoms with van der Waals surface area (Å²) in [5, 5.41) is 18.1. The first kappa shape index (κ1) is 16.2. The summed E-state index contributed by atoms with van der Waals surface area (Å²) in [4.78, 5) is 11.4. The average molecular weight is 316 g/mol. The average Bonchev–Trinajstić information content (AvgIpc) is 2.49. The van der Waals surface area contributed by atoms with Crippen molar-refractivity contribution >= 4 is 23.3 Å². The van der Waals surface area contributed by atoms with Crippen molar-refractivity contribution in [3.8, 4) is 0 Å². The normalized spacial score (nSPS) is 11.9. The van der Waals surface area contributed by atoms with Gasteiger partial charge in [-0.25, -0.2) is 0 Å². The summed E-state index contributed by atoms with van der Waals surface area (Å²) in [5.74, 6) is -1.45. The lowest BCUT2D eigenvalue weighted by atomic mass is 9.92. The summed E-state index contributed by atoms with van der Waals surface area (Å²) in [5.41, 5.74) is 2.39. The summed E-state index contributed by atoms with van der Waals surface area (Å²) in [6.45, 7) is 0. The molecule has 0 aliphatic rings. The molecule has 0 amide bonds. The molecule has 4 heteroatoms. The van der Waals surface area contributed by atoms with E-state index in [4.69, 9.17) is 17.0 Å². The first-order valence-corrected chi connectivity index (χ1v) is 7.50. The van der Waals surface area contributed by atoms with Crippen LogP contribution in [-0.4, -0.2) is 16.8 Å². The Bertz CT molecular complexity index is 638. The van der Waals surface area contributed by atoms with Gasteiger partial charge in [0.1, 0.15) is 0 Å². The lowest BCUT2D eigenvalue weighted by Crippen LogP contribution is -2.21. The summed E-state index contributed by atoms with van der Waals surface area (Å²) in [7, 11) is 0. The van der Waals surface area contributed by atoms with Crippen LogP contribution in [0.4, 0.5) is 0 Å². The molecule has 0 aliphatic carbocycles. The Kier molecular flexibility index (Phi) is 5.73. The van der Waals surface area contributed by atoms with Crippen LogP contribution in [0.3, 0.4) is 0 Å². The minimum atomic E-state index is -0.868. The third kappa shape index (κ3) is 5.01. The number of aliphatic carboxylic acids is 1. The molecule has 2 aromatic carbocycles. The van der Waals surface area contributed by atoms with Crippen LogP contribution in [0.5, 0.6) is 0 Å². The van der Waals surface area contributed by atoms with E-state index in [9.17, 15) is 9.90 Å². The number of hydrogen-bond donors (Lipinski definition) is 2. The zero-order chi connectivity index (χ0) is 15.9. The number of carboxylic acids is 1. The van der Waals surface area contributed by atoms with Gasteiger partial charge in [-0.2, -0.15) is 0 Å². The van der Waals surface area contributed by atoms with Crippen molar-refractivity contribution in [3.63, 3.8) is 0 Å². The third-order valence-corrected chi connectivity index (χ3v) is 3.75. The van der Waals surface area contributed by atoms with Gasteiger partial charge in [-0.1, -0.05) is 54.1 Å². The summed E-state index contributed by atoms with van der Waals surface area (Å²) in [6.07, 6.45) is 1.15. The van der Waals surface area contributed by atoms with Crippen LogP contribution < -0.4 is 0 Å². The van der Waals surface area contributed by atoms with Crippen molar-refractivity contribution in [2.24, 2.45) is 5.92 Å². The van der Waals surface area contributed by atoms with E-state index in [0.29, 0.717) is 23.6 Å². The molecule has 0 bridgehead atoms. The standard InChI is InChI=1S/C18H18ClNO2/c19-16-8-6-14(7-9-16)10-15(18(21)22)12-17(20)11-13-4-2-1-3-5-13/h1-9,15,20H,10-12H2,(H,21,22). The molecule has 0 radical (unpaired) electrons. The van der Waals surface area contributed by atoms with Crippen molar-refractivity contribution in [1.82, 2.24) is 0 Å². The van der Waals surface area contributed by atoms with Crippen molar-refractivity contribution in [1.29, 1.82) is 5.41 Å². The molecule has 0 heterocycles. The van der Waals surface area contributed by atoms with Crippen molar-refractivity contribution in [2.45, 2.75) is 19.3 Å². The van der Waals surface area contributed by atoms with Crippen LogP contribution in [-0.2, 0) is 17.6 Å². The van der Waals surface area contributed by atoms with Gasteiger partial charge in [-0.05, 0) is 36.1 Å². The van der Waals surface area contributed by atoms with Gasteiger partial charge in [0.15, 0.2) is 0 Å². The summed E-state index contributed by atoms with van der Waals surface area (Å²) >= 11 is 5.83. The van der Waals surface area contributed by atoms with E-state index in [2.05, 4.69) is 0 Å². The van der Waals surface area contributed by atoms with Gasteiger partial charge in [0.25, 0.3) is 0 Å². The molecule has 0 saturated carbocycles. The van der Waals surface area contributed by atoms with Crippen molar-refractivity contribution in [3.05, 3.63) is 70.7 Å². The van der Waals surface area contributed by atoms with E-state index >= 15 is 0 Å². The topological polar surface area (TPSA) is 61.2 Å². The highest BCUT2D eigenvalue weighted by molar-refractivity contribution is 6.30. The Morgan fingerprint density at radius 3 is 2.27 bits per heavy atom. The van der Waals surface area contributed by atoms with Gasteiger partial charge in [0.05, 0.1) is 5.92 Å². The van der Waals surface area contributed by atoms with Gasteiger partial charge in [0.2, 0.25) is 0 Å². The molecule has 1 atom stereocenters. The largest absolute Gasteiger partial charge is 0.481 e. The number of halogens is 1. The quantitative estimate of drug-likeness (QED) is 0.751. The number of carboxylic acid groups (broad SMARTS) is 1. The van der Waals surface area contributed by atoms with Gasteiger partial charge in [0, 0.05) is 17.2 Å². The van der Waals surface area contributed by atoms with E-state index in [1.54, 1.807) is 12.1 Å². The molecule has 22 heavy (non-hydrogen) atoms. The fraction of sp³-hybridized carbons (Fsp3) is 0.222. The second kappa shape index (κ2) is 7.76. The number of carbonyl (C=O) groups is 1. The molecule has 1 unspecified atom stereocenters. The predicted octanol–water partition coefficient (Wildman–Crippen LogP) is 4.24. The molecular weight excluding hydrogens is 298 g/mol. The molecule has 3 nitrogen and oxygen atoms in total. The van der Waals surface area contributed by atoms with E-state index in [-0.39, 0.29) is 6.42 Å². The minimum absolute atomic E-state index is 0.257. The first-order chi connectivity index (χ1) is 10.5. The van der Waals surface area contributed by atoms with Gasteiger partial charge in [-0.3, -0.25) is 4.79 Å². The highest BCUT2D eigenvalue weighted by Crippen LogP contribution is 2.17. The fourth-order valence-electron chi connectivity index (χ4n) is 2.36. The number of benzene rings is 2. The summed E-state index contributed by atoms with van der Waals surface area (Å²) in [6, 6.07) is 16.8. The maximum Gasteiger partial charge on any atom is 0.307 e. The van der Waals surface area contributed by atoms with E-state index in [0.717, 1.165) is 11.1 Å². The molecule has 114 valence electrons. The molecule has 0 aromatic heterocycles. The molecule has 0 spiro atoms. The number of hydrogen-bond acceptors (Lipinski definition) is 2. The second-order valence-corrected chi connectivity index (χ2v) is 5.77. The SMILES string of the molecule is N=C(Cc1ccccc1)CC(Cc1ccc(Cl)cc1)C(=O)O. The predicted molar refractivity (Wildman–Crippen MR) is 88.8 cm³/mol. The van der Waals surface area contributed by atoms with Gasteiger partial charge < -0.3 is 10.5 Å². The van der Waals surface area contributed by atoms with Crippen LogP contribution in [0.25, 0.3) is 0 Å². The Labute approximate surface area is 135 Å². The van der Waals surface area contributed by atoms with Crippen LogP contribution in [0.1, 0.15) is 17.5 Å². The molecule has 0 aliphatic heterocycles. The van der Waals surface area contributed by atoms with Crippen molar-refractivity contribution in [2.75, 3.05) is 0 Å². The van der Waals surface area contributed by atoms with Gasteiger partial charge in [-0.15, -0.1) is 0 Å². The maximum atomic E-state index is 11.4.